The summed E-state index contributed by atoms with van der Waals surface area (Å²) in [5, 5.41) is 10.3. The SMILES string of the molecule is CO[C@@H]1C[C@H](O[C@@H]2CC[C@]3(C)[C@H](CC[C@@]45CC[C@@H](C6=CC(=O)OC6)[C@@](C)(CC[C@@H]43)C5=O)C2)O[C@@H](C)[C@@H]1O. The molecule has 6 aliphatic rings. The molecule has 0 aromatic carbocycles. The Morgan fingerprint density at radius 1 is 1.03 bits per heavy atom. The molecule has 4 aliphatic carbocycles. The summed E-state index contributed by atoms with van der Waals surface area (Å²) in [6, 6.07) is 0. The molecule has 2 aliphatic heterocycles. The molecule has 37 heavy (non-hydrogen) atoms. The molecular formula is C30H44O7. The van der Waals surface area contributed by atoms with Crippen LogP contribution in [0.5, 0.6) is 0 Å². The Kier molecular flexibility index (Phi) is 6.42. The van der Waals surface area contributed by atoms with Gasteiger partial charge in [0.25, 0.3) is 0 Å². The van der Waals surface area contributed by atoms with Crippen molar-refractivity contribution in [2.75, 3.05) is 13.7 Å². The topological polar surface area (TPSA) is 91.3 Å². The highest BCUT2D eigenvalue weighted by Gasteiger charge is 2.67. The first-order valence-electron chi connectivity index (χ1n) is 14.5. The van der Waals surface area contributed by atoms with E-state index in [0.717, 1.165) is 63.4 Å². The quantitative estimate of drug-likeness (QED) is 0.439. The van der Waals surface area contributed by atoms with E-state index >= 15 is 0 Å². The predicted octanol–water partition coefficient (Wildman–Crippen LogP) is 4.35. The van der Waals surface area contributed by atoms with Crippen LogP contribution < -0.4 is 0 Å². The van der Waals surface area contributed by atoms with Gasteiger partial charge in [0.05, 0.1) is 18.3 Å². The van der Waals surface area contributed by atoms with Crippen LogP contribution in [0.25, 0.3) is 0 Å². The number of hydrogen-bond acceptors (Lipinski definition) is 7. The van der Waals surface area contributed by atoms with E-state index in [9.17, 15) is 14.7 Å². The van der Waals surface area contributed by atoms with E-state index in [4.69, 9.17) is 18.9 Å². The second-order valence-electron chi connectivity index (χ2n) is 13.5. The lowest BCUT2D eigenvalue weighted by molar-refractivity contribution is -0.272. The van der Waals surface area contributed by atoms with Crippen molar-refractivity contribution in [1.29, 1.82) is 0 Å². The summed E-state index contributed by atoms with van der Waals surface area (Å²) in [5.74, 6) is 1.33. The van der Waals surface area contributed by atoms with Gasteiger partial charge in [-0.15, -0.1) is 0 Å². The zero-order chi connectivity index (χ0) is 26.2. The van der Waals surface area contributed by atoms with Crippen LogP contribution in [0.15, 0.2) is 11.6 Å². The minimum absolute atomic E-state index is 0.139. The predicted molar refractivity (Wildman–Crippen MR) is 135 cm³/mol. The summed E-state index contributed by atoms with van der Waals surface area (Å²) < 4.78 is 23.2. The zero-order valence-corrected chi connectivity index (χ0v) is 22.9. The lowest BCUT2D eigenvalue weighted by Gasteiger charge is -2.66. The van der Waals surface area contributed by atoms with Gasteiger partial charge in [0.2, 0.25) is 0 Å². The summed E-state index contributed by atoms with van der Waals surface area (Å²) in [6.07, 6.45) is 9.85. The van der Waals surface area contributed by atoms with Gasteiger partial charge < -0.3 is 24.1 Å². The van der Waals surface area contributed by atoms with E-state index in [1.54, 1.807) is 13.2 Å². The van der Waals surface area contributed by atoms with Crippen LogP contribution in [0, 0.1) is 34.0 Å². The molecular weight excluding hydrogens is 472 g/mol. The summed E-state index contributed by atoms with van der Waals surface area (Å²) in [6.45, 7) is 6.87. The Morgan fingerprint density at radius 2 is 1.81 bits per heavy atom. The molecule has 0 amide bonds. The van der Waals surface area contributed by atoms with E-state index in [1.165, 1.54) is 0 Å². The molecule has 7 nitrogen and oxygen atoms in total. The van der Waals surface area contributed by atoms with Crippen LogP contribution in [0.3, 0.4) is 0 Å². The average molecular weight is 517 g/mol. The zero-order valence-electron chi connectivity index (χ0n) is 22.9. The second kappa shape index (κ2) is 9.14. The van der Waals surface area contributed by atoms with Crippen molar-refractivity contribution in [3.63, 3.8) is 0 Å². The number of aliphatic hydroxyl groups is 1. The third kappa shape index (κ3) is 3.89. The molecule has 0 aromatic heterocycles. The van der Waals surface area contributed by atoms with Gasteiger partial charge in [-0.05, 0) is 93.5 Å². The van der Waals surface area contributed by atoms with E-state index in [-0.39, 0.29) is 52.7 Å². The van der Waals surface area contributed by atoms with Gasteiger partial charge in [-0.1, -0.05) is 13.8 Å². The molecule has 1 spiro atoms. The largest absolute Gasteiger partial charge is 0.458 e. The van der Waals surface area contributed by atoms with Gasteiger partial charge in [-0.3, -0.25) is 4.79 Å². The van der Waals surface area contributed by atoms with E-state index < -0.39 is 6.10 Å². The van der Waals surface area contributed by atoms with Gasteiger partial charge in [0, 0.05) is 30.4 Å². The summed E-state index contributed by atoms with van der Waals surface area (Å²) >= 11 is 0. The normalized spacial score (nSPS) is 51.6. The maximum atomic E-state index is 14.4. The molecule has 206 valence electrons. The van der Waals surface area contributed by atoms with Crippen molar-refractivity contribution in [3.05, 3.63) is 11.6 Å². The Hall–Kier alpha value is -1.28. The van der Waals surface area contributed by atoms with Crippen LogP contribution in [0.1, 0.15) is 85.0 Å². The van der Waals surface area contributed by atoms with Gasteiger partial charge >= 0.3 is 5.97 Å². The fourth-order valence-corrected chi connectivity index (χ4v) is 9.85. The maximum absolute atomic E-state index is 14.4. The number of fused-ring (bicyclic) bond motifs is 3. The van der Waals surface area contributed by atoms with E-state index in [0.29, 0.717) is 30.6 Å². The molecule has 0 radical (unpaired) electrons. The molecule has 1 saturated heterocycles. The minimum atomic E-state index is -0.628. The van der Waals surface area contributed by atoms with Gasteiger partial charge in [0.1, 0.15) is 18.5 Å². The van der Waals surface area contributed by atoms with E-state index in [1.807, 2.05) is 6.92 Å². The number of ketones is 1. The van der Waals surface area contributed by atoms with Crippen LogP contribution in [0.4, 0.5) is 0 Å². The molecule has 0 unspecified atom stereocenters. The monoisotopic (exact) mass is 516 g/mol. The van der Waals surface area contributed by atoms with Crippen molar-refractivity contribution in [2.45, 2.75) is 116 Å². The Morgan fingerprint density at radius 3 is 2.54 bits per heavy atom. The highest BCUT2D eigenvalue weighted by Crippen LogP contribution is 2.70. The van der Waals surface area contributed by atoms with Crippen molar-refractivity contribution in [1.82, 2.24) is 0 Å². The Labute approximate surface area is 220 Å². The highest BCUT2D eigenvalue weighted by molar-refractivity contribution is 5.93. The Balaban J connectivity index is 1.16. The number of ether oxygens (including phenoxy) is 4. The van der Waals surface area contributed by atoms with Crippen molar-refractivity contribution in [2.24, 2.45) is 34.0 Å². The number of aliphatic hydroxyl groups excluding tert-OH is 1. The highest BCUT2D eigenvalue weighted by atomic mass is 16.7. The smallest absolute Gasteiger partial charge is 0.331 e. The van der Waals surface area contributed by atoms with Gasteiger partial charge in [0.15, 0.2) is 6.29 Å². The van der Waals surface area contributed by atoms with Gasteiger partial charge in [-0.25, -0.2) is 4.79 Å². The number of hydrogen-bond donors (Lipinski definition) is 1. The molecule has 7 heteroatoms. The number of methoxy groups -OCH3 is 1. The van der Waals surface area contributed by atoms with Crippen molar-refractivity contribution in [3.8, 4) is 0 Å². The molecule has 4 saturated carbocycles. The summed E-state index contributed by atoms with van der Waals surface area (Å²) in [4.78, 5) is 26.1. The summed E-state index contributed by atoms with van der Waals surface area (Å²) in [5.41, 5.74) is 0.597. The van der Waals surface area contributed by atoms with Gasteiger partial charge in [-0.2, -0.15) is 0 Å². The number of rotatable bonds is 4. The molecule has 1 N–H and O–H groups in total. The molecule has 2 bridgehead atoms. The summed E-state index contributed by atoms with van der Waals surface area (Å²) in [7, 11) is 1.63. The first-order chi connectivity index (χ1) is 17.6. The molecule has 5 fully saturated rings. The molecule has 2 heterocycles. The van der Waals surface area contributed by atoms with Crippen LogP contribution in [-0.2, 0) is 28.5 Å². The standard InChI is InChI=1S/C30H44O7/c1-17-26(32)22(34-4)15-25(36-17)37-20-6-9-28(2)19(14-20)5-11-30-12-7-21(18-13-24(31)35-16-18)29(3,27(30)33)10-8-23(28)30/h13,17,19-23,25-26,32H,5-12,14-16H2,1-4H3/t17-,19+,20+,21-,22+,23+,25-,26-,28+,29+,30+/m0/s1. The first kappa shape index (κ1) is 26.0. The molecule has 11 atom stereocenters. The van der Waals surface area contributed by atoms with Crippen molar-refractivity contribution >= 4 is 11.8 Å². The fourth-order valence-electron chi connectivity index (χ4n) is 9.85. The molecule has 0 aromatic rings. The fraction of sp³-hybridized carbons (Fsp3) is 0.867. The number of carbonyl (C=O) groups is 2. The van der Waals surface area contributed by atoms with Crippen LogP contribution >= 0.6 is 0 Å². The van der Waals surface area contributed by atoms with E-state index in [2.05, 4.69) is 13.8 Å². The van der Waals surface area contributed by atoms with Crippen molar-refractivity contribution < 1.29 is 33.6 Å². The lowest BCUT2D eigenvalue weighted by Crippen LogP contribution is -2.64. The molecule has 6 rings (SSSR count). The maximum Gasteiger partial charge on any atom is 0.331 e. The number of esters is 1. The number of cyclic esters (lactones) is 1. The van der Waals surface area contributed by atoms with Crippen LogP contribution in [0.2, 0.25) is 0 Å². The van der Waals surface area contributed by atoms with Crippen LogP contribution in [-0.4, -0.2) is 61.3 Å². The third-order valence-corrected chi connectivity index (χ3v) is 11.9. The second-order valence-corrected chi connectivity index (χ2v) is 13.5. The third-order valence-electron chi connectivity index (χ3n) is 11.9. The number of carbonyl (C=O) groups excluding carboxylic acids is 2. The minimum Gasteiger partial charge on any atom is -0.458 e. The number of Topliss-reactive ketones (excluding diaryl/α,β-unsaturated/α-hetero) is 1. The lowest BCUT2D eigenvalue weighted by atomic mass is 9.37. The average Bonchev–Trinajstić information content (AvgIpc) is 3.29. The first-order valence-corrected chi connectivity index (χ1v) is 14.5. The Bertz CT molecular complexity index is 977.